The van der Waals surface area contributed by atoms with Crippen LogP contribution in [0.1, 0.15) is 52.7 Å². The Morgan fingerprint density at radius 1 is 0.697 bits per heavy atom. The van der Waals surface area contributed by atoms with Crippen molar-refractivity contribution in [3.63, 3.8) is 0 Å². The molecule has 2 aromatic carbocycles. The van der Waals surface area contributed by atoms with E-state index in [1.165, 1.54) is 0 Å². The predicted molar refractivity (Wildman–Crippen MR) is 132 cm³/mol. The van der Waals surface area contributed by atoms with Crippen molar-refractivity contribution in [1.82, 2.24) is 0 Å². The van der Waals surface area contributed by atoms with E-state index in [0.717, 1.165) is 11.1 Å². The maximum absolute atomic E-state index is 9.93. The van der Waals surface area contributed by atoms with Gasteiger partial charge < -0.3 is 29.2 Å². The first-order valence-electron chi connectivity index (χ1n) is 11.7. The largest absolute Gasteiger partial charge is 0.491 e. The van der Waals surface area contributed by atoms with Crippen LogP contribution in [-0.2, 0) is 14.9 Å². The molecule has 0 aromatic heterocycles. The van der Waals surface area contributed by atoms with Crippen molar-refractivity contribution in [3.05, 3.63) is 59.7 Å². The molecule has 6 nitrogen and oxygen atoms in total. The minimum Gasteiger partial charge on any atom is -0.491 e. The zero-order valence-electron chi connectivity index (χ0n) is 21.2. The SMILES string of the molecule is CC.COCC(O)COc1ccc(C(C)(C)c2ccc(OCC(O)COC(C)C)cc2)cc1. The maximum Gasteiger partial charge on any atom is 0.119 e. The van der Waals surface area contributed by atoms with E-state index in [-0.39, 0.29) is 37.9 Å². The standard InChI is InChI=1S/C25H36O6.C2H6/c1-18(2)29-15-22(27)17-31-24-12-8-20(9-13-24)25(3,4)19-6-10-23(11-7-19)30-16-21(26)14-28-5;1-2/h6-13,18,21-22,26-27H,14-17H2,1-5H3;1-2H3. The second-order valence-electron chi connectivity index (χ2n) is 8.44. The molecule has 2 atom stereocenters. The number of ether oxygens (including phenoxy) is 4. The van der Waals surface area contributed by atoms with E-state index in [0.29, 0.717) is 11.5 Å². The van der Waals surface area contributed by atoms with Gasteiger partial charge in [0.15, 0.2) is 0 Å². The van der Waals surface area contributed by atoms with Gasteiger partial charge in [-0.3, -0.25) is 0 Å². The van der Waals surface area contributed by atoms with E-state index in [1.807, 2.05) is 76.2 Å². The quantitative estimate of drug-likeness (QED) is 0.453. The van der Waals surface area contributed by atoms with Crippen LogP contribution in [-0.4, -0.2) is 62.1 Å². The number of methoxy groups -OCH3 is 1. The lowest BCUT2D eigenvalue weighted by atomic mass is 9.78. The Morgan fingerprint density at radius 2 is 1.09 bits per heavy atom. The third kappa shape index (κ3) is 10.1. The fraction of sp³-hybridized carbons (Fsp3) is 0.556. The van der Waals surface area contributed by atoms with E-state index in [4.69, 9.17) is 18.9 Å². The van der Waals surface area contributed by atoms with Gasteiger partial charge in [0.1, 0.15) is 36.9 Å². The van der Waals surface area contributed by atoms with Crippen LogP contribution in [0.25, 0.3) is 0 Å². The van der Waals surface area contributed by atoms with Gasteiger partial charge in [-0.1, -0.05) is 52.0 Å². The van der Waals surface area contributed by atoms with Crippen molar-refractivity contribution in [2.24, 2.45) is 0 Å². The van der Waals surface area contributed by atoms with Crippen molar-refractivity contribution in [2.45, 2.75) is 65.3 Å². The number of aliphatic hydroxyl groups is 2. The zero-order chi connectivity index (χ0) is 24.9. The summed E-state index contributed by atoms with van der Waals surface area (Å²) >= 11 is 0. The van der Waals surface area contributed by atoms with Gasteiger partial charge in [-0.05, 0) is 49.2 Å². The molecule has 0 aliphatic carbocycles. The third-order valence-electron chi connectivity index (χ3n) is 5.02. The Bertz CT molecular complexity index is 755. The summed E-state index contributed by atoms with van der Waals surface area (Å²) in [5.41, 5.74) is 2.08. The number of hydrogen-bond donors (Lipinski definition) is 2. The average Bonchev–Trinajstić information content (AvgIpc) is 2.82. The average molecular weight is 463 g/mol. The molecule has 33 heavy (non-hydrogen) atoms. The molecule has 0 fully saturated rings. The molecule has 186 valence electrons. The van der Waals surface area contributed by atoms with Crippen LogP contribution < -0.4 is 9.47 Å². The minimum atomic E-state index is -0.658. The Hall–Kier alpha value is -2.12. The third-order valence-corrected chi connectivity index (χ3v) is 5.02. The lowest BCUT2D eigenvalue weighted by Crippen LogP contribution is -2.25. The monoisotopic (exact) mass is 462 g/mol. The summed E-state index contributed by atoms with van der Waals surface area (Å²) in [6.07, 6.45) is -1.22. The van der Waals surface area contributed by atoms with E-state index in [2.05, 4.69) is 13.8 Å². The van der Waals surface area contributed by atoms with Gasteiger partial charge in [0.05, 0.1) is 19.3 Å². The van der Waals surface area contributed by atoms with Crippen LogP contribution in [0.4, 0.5) is 0 Å². The van der Waals surface area contributed by atoms with Crippen LogP contribution in [0.5, 0.6) is 11.5 Å². The molecule has 0 aliphatic heterocycles. The highest BCUT2D eigenvalue weighted by atomic mass is 16.5. The molecule has 0 saturated carbocycles. The lowest BCUT2D eigenvalue weighted by molar-refractivity contribution is -0.0122. The molecule has 0 saturated heterocycles. The first kappa shape index (κ1) is 28.9. The van der Waals surface area contributed by atoms with Gasteiger partial charge in [-0.25, -0.2) is 0 Å². The molecule has 0 radical (unpaired) electrons. The Morgan fingerprint density at radius 3 is 1.45 bits per heavy atom. The van der Waals surface area contributed by atoms with Crippen LogP contribution >= 0.6 is 0 Å². The number of benzene rings is 2. The van der Waals surface area contributed by atoms with E-state index >= 15 is 0 Å². The van der Waals surface area contributed by atoms with E-state index < -0.39 is 12.2 Å². The molecule has 0 bridgehead atoms. The summed E-state index contributed by atoms with van der Waals surface area (Å²) in [6.45, 7) is 13.1. The Balaban J connectivity index is 0.00000265. The van der Waals surface area contributed by atoms with Crippen molar-refractivity contribution in [1.29, 1.82) is 0 Å². The van der Waals surface area contributed by atoms with Gasteiger partial charge in [0, 0.05) is 12.5 Å². The van der Waals surface area contributed by atoms with Crippen molar-refractivity contribution in [3.8, 4) is 11.5 Å². The predicted octanol–water partition coefficient (Wildman–Crippen LogP) is 4.59. The molecule has 0 aliphatic rings. The molecule has 2 aromatic rings. The molecule has 2 rings (SSSR count). The van der Waals surface area contributed by atoms with Gasteiger partial charge >= 0.3 is 0 Å². The maximum atomic E-state index is 9.93. The molecule has 2 N–H and O–H groups in total. The highest BCUT2D eigenvalue weighted by Gasteiger charge is 2.23. The molecule has 6 heteroatoms. The van der Waals surface area contributed by atoms with E-state index in [1.54, 1.807) is 7.11 Å². The highest BCUT2D eigenvalue weighted by molar-refractivity contribution is 5.41. The first-order chi connectivity index (χ1) is 15.7. The molecule has 2 unspecified atom stereocenters. The highest BCUT2D eigenvalue weighted by Crippen LogP contribution is 2.33. The topological polar surface area (TPSA) is 77.4 Å². The molecular weight excluding hydrogens is 420 g/mol. The fourth-order valence-electron chi connectivity index (χ4n) is 3.08. The van der Waals surface area contributed by atoms with Crippen LogP contribution in [0.15, 0.2) is 48.5 Å². The van der Waals surface area contributed by atoms with Crippen molar-refractivity contribution < 1.29 is 29.2 Å². The molecular formula is C27H42O6. The summed E-state index contributed by atoms with van der Waals surface area (Å²) in [5.74, 6) is 1.42. The van der Waals surface area contributed by atoms with Crippen molar-refractivity contribution >= 4 is 0 Å². The summed E-state index contributed by atoms with van der Waals surface area (Å²) in [4.78, 5) is 0. The summed E-state index contributed by atoms with van der Waals surface area (Å²) in [5, 5.41) is 19.6. The van der Waals surface area contributed by atoms with Crippen molar-refractivity contribution in [2.75, 3.05) is 33.5 Å². The van der Waals surface area contributed by atoms with Crippen LogP contribution in [0.2, 0.25) is 0 Å². The van der Waals surface area contributed by atoms with Gasteiger partial charge in [-0.2, -0.15) is 0 Å². The van der Waals surface area contributed by atoms with Crippen LogP contribution in [0.3, 0.4) is 0 Å². The zero-order valence-corrected chi connectivity index (χ0v) is 21.2. The second kappa shape index (κ2) is 14.9. The normalized spacial score (nSPS) is 13.2. The fourth-order valence-corrected chi connectivity index (χ4v) is 3.08. The smallest absolute Gasteiger partial charge is 0.119 e. The summed E-state index contributed by atoms with van der Waals surface area (Å²) in [7, 11) is 1.55. The Kier molecular flexibility index (Phi) is 13.1. The van der Waals surface area contributed by atoms with E-state index in [9.17, 15) is 10.2 Å². The van der Waals surface area contributed by atoms with Gasteiger partial charge in [0.2, 0.25) is 0 Å². The number of rotatable bonds is 13. The van der Waals surface area contributed by atoms with Gasteiger partial charge in [-0.15, -0.1) is 0 Å². The number of aliphatic hydroxyl groups excluding tert-OH is 2. The van der Waals surface area contributed by atoms with Crippen LogP contribution in [0, 0.1) is 0 Å². The lowest BCUT2D eigenvalue weighted by Gasteiger charge is -2.26. The Labute approximate surface area is 199 Å². The van der Waals surface area contributed by atoms with Gasteiger partial charge in [0.25, 0.3) is 0 Å². The summed E-state index contributed by atoms with van der Waals surface area (Å²) in [6, 6.07) is 15.8. The minimum absolute atomic E-state index is 0.0824. The molecule has 0 spiro atoms. The number of hydrogen-bond acceptors (Lipinski definition) is 6. The summed E-state index contributed by atoms with van der Waals surface area (Å²) < 4.78 is 21.6. The molecule has 0 amide bonds. The first-order valence-corrected chi connectivity index (χ1v) is 11.7. The molecule has 0 heterocycles. The second-order valence-corrected chi connectivity index (χ2v) is 8.44.